The van der Waals surface area contributed by atoms with Crippen molar-refractivity contribution in [3.8, 4) is 0 Å². The van der Waals surface area contributed by atoms with E-state index >= 15 is 0 Å². The minimum atomic E-state index is -4.87. The maximum Gasteiger partial charge on any atom is 0.472 e. The van der Waals surface area contributed by atoms with Crippen molar-refractivity contribution in [2.75, 3.05) is 26.4 Å². The number of hydrogen-bond acceptors (Lipinski definition) is 11. The highest BCUT2D eigenvalue weighted by atomic mass is 31.2. The highest BCUT2D eigenvalue weighted by molar-refractivity contribution is 7.47. The Balaban J connectivity index is 4.68. The molecule has 0 radical (unpaired) electrons. The summed E-state index contributed by atoms with van der Waals surface area (Å²) < 4.78 is 47.6. The molecule has 0 aromatic heterocycles. The van der Waals surface area contributed by atoms with Gasteiger partial charge >= 0.3 is 27.6 Å². The van der Waals surface area contributed by atoms with E-state index in [1.807, 2.05) is 36.5 Å². The van der Waals surface area contributed by atoms with Gasteiger partial charge in [-0.15, -0.1) is 0 Å². The quantitative estimate of drug-likeness (QED) is 0.0128. The molecule has 0 bridgehead atoms. The van der Waals surface area contributed by atoms with Crippen molar-refractivity contribution in [3.05, 3.63) is 48.6 Å². The molecule has 58 heavy (non-hydrogen) atoms. The van der Waals surface area contributed by atoms with Crippen molar-refractivity contribution in [3.63, 3.8) is 0 Å². The van der Waals surface area contributed by atoms with E-state index in [2.05, 4.69) is 35.9 Å². The van der Waals surface area contributed by atoms with E-state index in [-0.39, 0.29) is 12.8 Å². The van der Waals surface area contributed by atoms with E-state index < -0.39 is 72.3 Å². The summed E-state index contributed by atoms with van der Waals surface area (Å²) in [6.45, 7) is 3.86. The molecule has 0 aliphatic heterocycles. The summed E-state index contributed by atoms with van der Waals surface area (Å²) in [4.78, 5) is 52.6. The highest BCUT2D eigenvalue weighted by Crippen LogP contribution is 2.43. The smallest absolute Gasteiger partial charge is 0.462 e. The molecule has 0 amide bonds. The first-order valence-electron chi connectivity index (χ1n) is 21.3. The predicted molar refractivity (Wildman–Crippen MR) is 227 cm³/mol. The Morgan fingerprint density at radius 2 is 1.21 bits per heavy atom. The average Bonchev–Trinajstić information content (AvgIpc) is 3.16. The first-order valence-corrected chi connectivity index (χ1v) is 24.3. The molecule has 16 heteroatoms. The molecule has 0 fully saturated rings. The zero-order valence-corrected chi connectivity index (χ0v) is 37.2. The highest BCUT2D eigenvalue weighted by Gasteiger charge is 2.28. The molecule has 4 atom stereocenters. The van der Waals surface area contributed by atoms with Gasteiger partial charge in [0.25, 0.3) is 0 Å². The van der Waals surface area contributed by atoms with Crippen LogP contribution in [0.3, 0.4) is 0 Å². The summed E-state index contributed by atoms with van der Waals surface area (Å²) in [5.41, 5.74) is 0. The average molecular weight is 867 g/mol. The number of phosphoric ester groups is 2. The third-order valence-electron chi connectivity index (χ3n) is 8.72. The van der Waals surface area contributed by atoms with E-state index in [1.54, 1.807) is 6.08 Å². The Morgan fingerprint density at radius 1 is 0.621 bits per heavy atom. The van der Waals surface area contributed by atoms with Gasteiger partial charge in [-0.05, 0) is 50.9 Å². The van der Waals surface area contributed by atoms with E-state index in [0.29, 0.717) is 32.1 Å². The predicted octanol–water partition coefficient (Wildman–Crippen LogP) is 9.50. The fraction of sp³-hybridized carbons (Fsp3) is 0.762. The number of carbonyl (C=O) groups is 2. The minimum Gasteiger partial charge on any atom is -0.462 e. The molecule has 0 rings (SSSR count). The van der Waals surface area contributed by atoms with E-state index in [4.69, 9.17) is 23.8 Å². The molecule has 0 saturated carbocycles. The maximum absolute atomic E-state index is 12.6. The number of allylic oxidation sites excluding steroid dienone is 6. The molecule has 0 aliphatic carbocycles. The van der Waals surface area contributed by atoms with Gasteiger partial charge in [0.1, 0.15) is 12.7 Å². The molecular formula is C42H76O14P2. The Labute approximate surface area is 348 Å². The first kappa shape index (κ1) is 56.0. The van der Waals surface area contributed by atoms with Crippen molar-refractivity contribution >= 4 is 27.6 Å². The summed E-state index contributed by atoms with van der Waals surface area (Å²) in [5.74, 6) is -0.377. The van der Waals surface area contributed by atoms with Crippen LogP contribution in [0.4, 0.5) is 0 Å². The van der Waals surface area contributed by atoms with Gasteiger partial charge in [0, 0.05) is 12.8 Å². The standard InChI is InChI=1S/C42H76O14P2/c1-4-5-6-7-19-24-29-38(43)30-25-20-15-12-13-16-21-26-31-41(45)52-35-40(36-55-58(50,51)54-34-39(44)33-53-57(47,48)49)56-42(46)32-27-22-17-11-9-8-10-14-18-23-28-37(2)3/h13,15-16,19-20,24-25,30,37-40,43-44H,4-12,14,17-18,21-23,26-29,31-36H2,1-3H3,(H,50,51)(H2,47,48,49)/b16-13-,20-15-,24-19-,30-25+/t38-,39+,40-/m1/s1. The summed E-state index contributed by atoms with van der Waals surface area (Å²) in [7, 11) is -9.70. The van der Waals surface area contributed by atoms with Gasteiger partial charge in [-0.1, -0.05) is 146 Å². The SMILES string of the molecule is CCCCC/C=C\C[C@@H](O)/C=C/C=C\C/C=C\CCCC(=O)OC[C@H](COP(=O)(O)OC[C@@H](O)COP(=O)(O)O)OC(=O)CCCCCCCCCCCCC(C)C. The van der Waals surface area contributed by atoms with Gasteiger partial charge in [0.15, 0.2) is 6.10 Å². The molecular weight excluding hydrogens is 790 g/mol. The molecule has 338 valence electrons. The summed E-state index contributed by atoms with van der Waals surface area (Å²) in [5, 5.41) is 19.8. The Morgan fingerprint density at radius 3 is 1.86 bits per heavy atom. The largest absolute Gasteiger partial charge is 0.472 e. The molecule has 14 nitrogen and oxygen atoms in total. The fourth-order valence-electron chi connectivity index (χ4n) is 5.43. The van der Waals surface area contributed by atoms with Crippen LogP contribution in [-0.4, -0.2) is 81.6 Å². The number of ether oxygens (including phenoxy) is 2. The molecule has 5 N–H and O–H groups in total. The van der Waals surface area contributed by atoms with Gasteiger partial charge in [-0.25, -0.2) is 9.13 Å². The second-order valence-electron chi connectivity index (χ2n) is 14.9. The molecule has 0 spiro atoms. The number of aliphatic hydroxyl groups excluding tert-OH is 2. The zero-order chi connectivity index (χ0) is 43.3. The monoisotopic (exact) mass is 866 g/mol. The van der Waals surface area contributed by atoms with Gasteiger partial charge in [-0.3, -0.25) is 23.2 Å². The molecule has 0 heterocycles. The lowest BCUT2D eigenvalue weighted by Gasteiger charge is -2.20. The second-order valence-corrected chi connectivity index (χ2v) is 17.6. The number of esters is 2. The summed E-state index contributed by atoms with van der Waals surface area (Å²) >= 11 is 0. The normalized spacial score (nSPS) is 15.2. The lowest BCUT2D eigenvalue weighted by Crippen LogP contribution is -2.30. The number of hydrogen-bond donors (Lipinski definition) is 5. The lowest BCUT2D eigenvalue weighted by atomic mass is 10.0. The van der Waals surface area contributed by atoms with Crippen molar-refractivity contribution in [2.24, 2.45) is 5.92 Å². The van der Waals surface area contributed by atoms with E-state index in [9.17, 15) is 33.8 Å². The topological polar surface area (TPSA) is 216 Å². The van der Waals surface area contributed by atoms with Crippen LogP contribution in [-0.2, 0) is 41.8 Å². The molecule has 1 unspecified atom stereocenters. The van der Waals surface area contributed by atoms with Crippen LogP contribution in [0.1, 0.15) is 156 Å². The van der Waals surface area contributed by atoms with Crippen molar-refractivity contribution in [1.82, 2.24) is 0 Å². The van der Waals surface area contributed by atoms with Crippen molar-refractivity contribution < 1.29 is 66.7 Å². The van der Waals surface area contributed by atoms with E-state index in [0.717, 1.165) is 38.0 Å². The van der Waals surface area contributed by atoms with Crippen LogP contribution >= 0.6 is 15.6 Å². The molecule has 0 saturated heterocycles. The van der Waals surface area contributed by atoms with Crippen molar-refractivity contribution in [1.29, 1.82) is 0 Å². The summed E-state index contributed by atoms with van der Waals surface area (Å²) in [6, 6.07) is 0. The molecule has 0 aromatic rings. The van der Waals surface area contributed by atoms with Crippen LogP contribution in [0.15, 0.2) is 48.6 Å². The number of unbranched alkanes of at least 4 members (excludes halogenated alkanes) is 13. The third kappa shape index (κ3) is 40.8. The van der Waals surface area contributed by atoms with Gasteiger partial charge in [0.2, 0.25) is 0 Å². The van der Waals surface area contributed by atoms with Crippen molar-refractivity contribution in [2.45, 2.75) is 174 Å². The van der Waals surface area contributed by atoms with Gasteiger partial charge < -0.3 is 34.4 Å². The number of carbonyl (C=O) groups excluding carboxylic acids is 2. The van der Waals surface area contributed by atoms with Crippen LogP contribution in [0, 0.1) is 5.92 Å². The number of aliphatic hydroxyl groups is 2. The van der Waals surface area contributed by atoms with Crippen LogP contribution in [0.2, 0.25) is 0 Å². The third-order valence-corrected chi connectivity index (χ3v) is 10.2. The molecule has 0 aromatic carbocycles. The van der Waals surface area contributed by atoms with Gasteiger partial charge in [-0.2, -0.15) is 0 Å². The number of phosphoric acid groups is 2. The maximum atomic E-state index is 12.6. The lowest BCUT2D eigenvalue weighted by molar-refractivity contribution is -0.161. The Kier molecular flexibility index (Phi) is 35.6. The van der Waals surface area contributed by atoms with Crippen LogP contribution in [0.25, 0.3) is 0 Å². The number of rotatable bonds is 39. The van der Waals surface area contributed by atoms with Crippen LogP contribution in [0.5, 0.6) is 0 Å². The fourth-order valence-corrected chi connectivity index (χ4v) is 6.59. The summed E-state index contributed by atoms with van der Waals surface area (Å²) in [6.07, 6.45) is 31.5. The first-order chi connectivity index (χ1) is 27.6. The Hall–Kier alpha value is -1.96. The minimum absolute atomic E-state index is 0.0870. The Bertz CT molecular complexity index is 1250. The van der Waals surface area contributed by atoms with E-state index in [1.165, 1.54) is 57.8 Å². The van der Waals surface area contributed by atoms with Gasteiger partial charge in [0.05, 0.1) is 25.9 Å². The zero-order valence-electron chi connectivity index (χ0n) is 35.4. The second kappa shape index (κ2) is 36.9. The molecule has 0 aliphatic rings. The van der Waals surface area contributed by atoms with Crippen LogP contribution < -0.4 is 0 Å².